The lowest BCUT2D eigenvalue weighted by molar-refractivity contribution is -0.137. The average molecular weight is 397 g/mol. The molecular weight excluding hydrogens is 380 g/mol. The number of hydrogen-bond donors (Lipinski definition) is 2. The van der Waals surface area contributed by atoms with Gasteiger partial charge in [-0.25, -0.2) is 8.42 Å². The van der Waals surface area contributed by atoms with Crippen LogP contribution in [0.2, 0.25) is 0 Å². The number of carbonyl (C=O) groups excluding carboxylic acids is 1. The number of nitrogens with one attached hydrogen (secondary N) is 1. The Morgan fingerprint density at radius 3 is 2.07 bits per heavy atom. The lowest BCUT2D eigenvalue weighted by Crippen LogP contribution is -2.30. The van der Waals surface area contributed by atoms with Crippen molar-refractivity contribution in [2.45, 2.75) is 30.0 Å². The number of alkyl halides is 2. The van der Waals surface area contributed by atoms with Crippen LogP contribution in [0.4, 0.5) is 8.78 Å². The molecule has 27 heavy (non-hydrogen) atoms. The summed E-state index contributed by atoms with van der Waals surface area (Å²) in [4.78, 5) is 22.9. The third kappa shape index (κ3) is 5.10. The van der Waals surface area contributed by atoms with Gasteiger partial charge in [-0.2, -0.15) is 8.78 Å². The molecule has 0 saturated heterocycles. The molecule has 0 bridgehead atoms. The Kier molecular flexibility index (Phi) is 6.27. The van der Waals surface area contributed by atoms with Crippen LogP contribution in [0.3, 0.4) is 0 Å². The first-order valence-corrected chi connectivity index (χ1v) is 9.37. The molecule has 0 unspecified atom stereocenters. The number of amides is 1. The van der Waals surface area contributed by atoms with E-state index in [0.29, 0.717) is 5.56 Å². The maximum absolute atomic E-state index is 12.5. The van der Waals surface area contributed by atoms with Crippen molar-refractivity contribution in [3.05, 3.63) is 65.2 Å². The van der Waals surface area contributed by atoms with Crippen molar-refractivity contribution in [1.82, 2.24) is 5.32 Å². The van der Waals surface area contributed by atoms with Gasteiger partial charge in [-0.3, -0.25) is 9.59 Å². The number of halogens is 2. The summed E-state index contributed by atoms with van der Waals surface area (Å²) in [6.07, 6.45) is -0.355. The van der Waals surface area contributed by atoms with Crippen molar-refractivity contribution in [3.8, 4) is 0 Å². The molecule has 0 fully saturated rings. The standard InChI is InChI=1S/C18H17F2NO5S/c1-11-2-4-12(5-3-11)15(10-16(22)23)21-17(24)13-6-8-14(9-7-13)27(25,26)18(19)20/h2-9,15,18H,10H2,1H3,(H,21,24)(H,22,23)/t15-/m1/s1. The Labute approximate surface area is 154 Å². The lowest BCUT2D eigenvalue weighted by atomic mass is 10.0. The van der Waals surface area contributed by atoms with Crippen molar-refractivity contribution >= 4 is 21.7 Å². The summed E-state index contributed by atoms with van der Waals surface area (Å²) in [5.41, 5.74) is 1.58. The van der Waals surface area contributed by atoms with Crippen LogP contribution in [0.25, 0.3) is 0 Å². The molecule has 1 amide bonds. The first kappa shape index (κ1) is 20.5. The highest BCUT2D eigenvalue weighted by Crippen LogP contribution is 2.21. The first-order valence-electron chi connectivity index (χ1n) is 7.82. The van der Waals surface area contributed by atoms with Gasteiger partial charge in [0.1, 0.15) is 0 Å². The fraction of sp³-hybridized carbons (Fsp3) is 0.222. The topological polar surface area (TPSA) is 101 Å². The summed E-state index contributed by atoms with van der Waals surface area (Å²) in [7, 11) is -4.75. The van der Waals surface area contributed by atoms with Gasteiger partial charge in [-0.15, -0.1) is 0 Å². The van der Waals surface area contributed by atoms with E-state index in [1.807, 2.05) is 6.92 Å². The molecule has 1 atom stereocenters. The molecule has 0 heterocycles. The van der Waals surface area contributed by atoms with Crippen LogP contribution in [-0.2, 0) is 14.6 Å². The maximum Gasteiger partial charge on any atom is 0.341 e. The summed E-state index contributed by atoms with van der Waals surface area (Å²) in [6.45, 7) is 1.86. The normalized spacial score (nSPS) is 12.6. The zero-order chi connectivity index (χ0) is 20.2. The molecule has 0 aromatic heterocycles. The number of aryl methyl sites for hydroxylation is 1. The van der Waals surface area contributed by atoms with Gasteiger partial charge in [0.25, 0.3) is 5.91 Å². The molecule has 6 nitrogen and oxygen atoms in total. The molecule has 0 aliphatic rings. The minimum Gasteiger partial charge on any atom is -0.481 e. The van der Waals surface area contributed by atoms with Gasteiger partial charge < -0.3 is 10.4 Å². The number of hydrogen-bond acceptors (Lipinski definition) is 4. The molecule has 9 heteroatoms. The zero-order valence-electron chi connectivity index (χ0n) is 14.2. The summed E-state index contributed by atoms with van der Waals surface area (Å²) >= 11 is 0. The minimum absolute atomic E-state index is 0.0192. The highest BCUT2D eigenvalue weighted by molar-refractivity contribution is 7.91. The van der Waals surface area contributed by atoms with E-state index < -0.39 is 38.4 Å². The maximum atomic E-state index is 12.5. The molecule has 0 aliphatic heterocycles. The Morgan fingerprint density at radius 1 is 1.04 bits per heavy atom. The molecule has 0 spiro atoms. The Morgan fingerprint density at radius 2 is 1.59 bits per heavy atom. The lowest BCUT2D eigenvalue weighted by Gasteiger charge is -2.18. The molecule has 2 rings (SSSR count). The quantitative estimate of drug-likeness (QED) is 0.748. The second-order valence-corrected chi connectivity index (χ2v) is 7.78. The van der Waals surface area contributed by atoms with E-state index in [1.165, 1.54) is 0 Å². The SMILES string of the molecule is Cc1ccc([C@@H](CC(=O)O)NC(=O)c2ccc(S(=O)(=O)C(F)F)cc2)cc1. The number of carboxylic acid groups (broad SMARTS) is 1. The molecule has 144 valence electrons. The molecule has 0 saturated carbocycles. The Balaban J connectivity index is 2.22. The predicted octanol–water partition coefficient (Wildman–Crippen LogP) is 2.94. The number of carboxylic acids is 1. The Hall–Kier alpha value is -2.81. The highest BCUT2D eigenvalue weighted by Gasteiger charge is 2.26. The predicted molar refractivity (Wildman–Crippen MR) is 93.3 cm³/mol. The van der Waals surface area contributed by atoms with E-state index in [9.17, 15) is 26.8 Å². The Bertz CT molecular complexity index is 925. The van der Waals surface area contributed by atoms with Crippen LogP contribution >= 0.6 is 0 Å². The van der Waals surface area contributed by atoms with Crippen molar-refractivity contribution in [1.29, 1.82) is 0 Å². The van der Waals surface area contributed by atoms with Crippen molar-refractivity contribution in [2.75, 3.05) is 0 Å². The van der Waals surface area contributed by atoms with Crippen molar-refractivity contribution in [3.63, 3.8) is 0 Å². The van der Waals surface area contributed by atoms with E-state index >= 15 is 0 Å². The molecule has 0 aliphatic carbocycles. The van der Waals surface area contributed by atoms with E-state index in [0.717, 1.165) is 29.8 Å². The van der Waals surface area contributed by atoms with Crippen LogP contribution in [-0.4, -0.2) is 31.2 Å². The summed E-state index contributed by atoms with van der Waals surface area (Å²) < 4.78 is 47.9. The average Bonchev–Trinajstić information content (AvgIpc) is 2.61. The molecular formula is C18H17F2NO5S. The third-order valence-corrected chi connectivity index (χ3v) is 5.24. The van der Waals surface area contributed by atoms with Crippen LogP contribution < -0.4 is 5.32 Å². The molecule has 2 N–H and O–H groups in total. The van der Waals surface area contributed by atoms with Gasteiger partial charge >= 0.3 is 11.7 Å². The van der Waals surface area contributed by atoms with E-state index in [2.05, 4.69) is 5.32 Å². The number of aliphatic carboxylic acids is 1. The van der Waals surface area contributed by atoms with E-state index in [1.54, 1.807) is 24.3 Å². The monoisotopic (exact) mass is 397 g/mol. The number of rotatable bonds is 7. The second-order valence-electron chi connectivity index (χ2n) is 5.86. The van der Waals surface area contributed by atoms with Gasteiger partial charge in [0.15, 0.2) is 0 Å². The molecule has 2 aromatic carbocycles. The van der Waals surface area contributed by atoms with Gasteiger partial charge in [-0.1, -0.05) is 29.8 Å². The van der Waals surface area contributed by atoms with Gasteiger partial charge in [0, 0.05) is 5.56 Å². The van der Waals surface area contributed by atoms with Crippen molar-refractivity contribution in [2.24, 2.45) is 0 Å². The second kappa shape index (κ2) is 8.26. The van der Waals surface area contributed by atoms with Crippen LogP contribution in [0, 0.1) is 6.92 Å². The first-order chi connectivity index (χ1) is 12.6. The van der Waals surface area contributed by atoms with Crippen LogP contribution in [0.15, 0.2) is 53.4 Å². The molecule has 2 aromatic rings. The van der Waals surface area contributed by atoms with Gasteiger partial charge in [-0.05, 0) is 36.8 Å². The highest BCUT2D eigenvalue weighted by atomic mass is 32.2. The zero-order valence-corrected chi connectivity index (χ0v) is 15.0. The largest absolute Gasteiger partial charge is 0.481 e. The van der Waals surface area contributed by atoms with Crippen LogP contribution in [0.1, 0.15) is 33.9 Å². The van der Waals surface area contributed by atoms with Gasteiger partial charge in [0.05, 0.1) is 17.4 Å². The smallest absolute Gasteiger partial charge is 0.341 e. The van der Waals surface area contributed by atoms with E-state index in [4.69, 9.17) is 5.11 Å². The van der Waals surface area contributed by atoms with Crippen LogP contribution in [0.5, 0.6) is 0 Å². The summed E-state index contributed by atoms with van der Waals surface area (Å²) in [5.74, 6) is -5.32. The molecule has 0 radical (unpaired) electrons. The fourth-order valence-corrected chi connectivity index (χ4v) is 3.09. The van der Waals surface area contributed by atoms with Crippen molar-refractivity contribution < 1.29 is 31.9 Å². The minimum atomic E-state index is -4.75. The summed E-state index contributed by atoms with van der Waals surface area (Å²) in [5, 5.41) is 11.6. The fourth-order valence-electron chi connectivity index (χ4n) is 2.37. The third-order valence-electron chi connectivity index (χ3n) is 3.84. The van der Waals surface area contributed by atoms with Gasteiger partial charge in [0.2, 0.25) is 9.84 Å². The number of sulfone groups is 1. The number of benzene rings is 2. The number of carbonyl (C=O) groups is 2. The summed E-state index contributed by atoms with van der Waals surface area (Å²) in [6, 6.07) is 10.2. The van der Waals surface area contributed by atoms with E-state index in [-0.39, 0.29) is 12.0 Å².